The van der Waals surface area contributed by atoms with Crippen molar-refractivity contribution >= 4 is 34.4 Å². The van der Waals surface area contributed by atoms with Gasteiger partial charge in [-0.3, -0.25) is 19.5 Å². The number of nitro groups is 1. The van der Waals surface area contributed by atoms with Gasteiger partial charge in [-0.2, -0.15) is 0 Å². The summed E-state index contributed by atoms with van der Waals surface area (Å²) in [6.07, 6.45) is 5.66. The maximum absolute atomic E-state index is 13.4. The third kappa shape index (κ3) is 5.71. The first-order valence-electron chi connectivity index (χ1n) is 15.9. The summed E-state index contributed by atoms with van der Waals surface area (Å²) < 4.78 is 7.53. The highest BCUT2D eigenvalue weighted by molar-refractivity contribution is 7.99. The highest BCUT2D eigenvalue weighted by Gasteiger charge is 2.51. The van der Waals surface area contributed by atoms with E-state index in [2.05, 4.69) is 51.2 Å². The van der Waals surface area contributed by atoms with Gasteiger partial charge >= 0.3 is 0 Å². The molecule has 0 radical (unpaired) electrons. The molecule has 0 aliphatic heterocycles. The molecule has 236 valence electrons. The van der Waals surface area contributed by atoms with E-state index in [0.29, 0.717) is 40.3 Å². The number of hydrogen-bond donors (Lipinski definition) is 1. The van der Waals surface area contributed by atoms with Crippen LogP contribution >= 0.6 is 11.8 Å². The molecular formula is C36H42N4O4S. The molecule has 2 aliphatic carbocycles. The van der Waals surface area contributed by atoms with Crippen LogP contribution in [0.4, 0.5) is 5.69 Å². The minimum Gasteiger partial charge on any atom is -0.495 e. The fourth-order valence-electron chi connectivity index (χ4n) is 8.00. The zero-order chi connectivity index (χ0) is 31.9. The van der Waals surface area contributed by atoms with Crippen LogP contribution < -0.4 is 10.1 Å². The van der Waals surface area contributed by atoms with Crippen LogP contribution in [0, 0.1) is 21.4 Å². The SMILES string of the molecule is COc1ccccc1-n1c(SCC(=O)NCC2(C)CCCC3(C)c4ccc(C(C)C)cc4CCC23)nc2cc([N+](=O)[O-])ccc21. The lowest BCUT2D eigenvalue weighted by Gasteiger charge is -2.55. The number of benzene rings is 3. The van der Waals surface area contributed by atoms with Gasteiger partial charge in [0.15, 0.2) is 5.16 Å². The van der Waals surface area contributed by atoms with Gasteiger partial charge < -0.3 is 10.1 Å². The van der Waals surface area contributed by atoms with Gasteiger partial charge in [0.05, 0.1) is 34.5 Å². The second-order valence-corrected chi connectivity index (χ2v) is 14.4. The fourth-order valence-corrected chi connectivity index (χ4v) is 8.85. The largest absolute Gasteiger partial charge is 0.495 e. The summed E-state index contributed by atoms with van der Waals surface area (Å²) in [5.74, 6) is 1.80. The standard InChI is InChI=1S/C36H42N4O4S/c1-23(2)24-11-14-27-25(19-24)12-16-32-35(3,17-8-18-36(27,32)4)22-37-33(41)21-45-34-38-28-20-26(40(42)43)13-15-29(28)39(34)30-9-6-7-10-31(30)44-5/h6-7,9-11,13-15,19-20,23,32H,8,12,16-18,21-22H2,1-5H3,(H,37,41). The number of methoxy groups -OCH3 is 1. The quantitative estimate of drug-likeness (QED) is 0.115. The van der Waals surface area contributed by atoms with Crippen molar-refractivity contribution in [1.29, 1.82) is 0 Å². The monoisotopic (exact) mass is 626 g/mol. The molecule has 8 nitrogen and oxygen atoms in total. The topological polar surface area (TPSA) is 99.3 Å². The Morgan fingerprint density at radius 2 is 1.96 bits per heavy atom. The number of non-ortho nitro benzene ring substituents is 1. The highest BCUT2D eigenvalue weighted by Crippen LogP contribution is 2.57. The van der Waals surface area contributed by atoms with E-state index in [9.17, 15) is 14.9 Å². The van der Waals surface area contributed by atoms with Gasteiger partial charge in [-0.15, -0.1) is 0 Å². The lowest BCUT2D eigenvalue weighted by molar-refractivity contribution is -0.384. The molecule has 3 unspecified atom stereocenters. The lowest BCUT2D eigenvalue weighted by atomic mass is 9.49. The van der Waals surface area contributed by atoms with Gasteiger partial charge in [0.1, 0.15) is 5.75 Å². The molecule has 1 aromatic heterocycles. The molecule has 0 saturated heterocycles. The van der Waals surface area contributed by atoms with E-state index < -0.39 is 4.92 Å². The number of nitro benzene ring substituents is 1. The molecule has 9 heteroatoms. The summed E-state index contributed by atoms with van der Waals surface area (Å²) >= 11 is 1.33. The van der Waals surface area contributed by atoms with Crippen LogP contribution in [0.25, 0.3) is 16.7 Å². The van der Waals surface area contributed by atoms with Crippen molar-refractivity contribution in [3.05, 3.63) is 87.5 Å². The number of nitrogens with zero attached hydrogens (tertiary/aromatic N) is 3. The van der Waals surface area contributed by atoms with E-state index in [0.717, 1.165) is 31.4 Å². The molecule has 1 N–H and O–H groups in total. The number of imidazole rings is 1. The minimum absolute atomic E-state index is 0.00518. The van der Waals surface area contributed by atoms with E-state index >= 15 is 0 Å². The predicted octanol–water partition coefficient (Wildman–Crippen LogP) is 7.98. The van der Waals surface area contributed by atoms with Gasteiger partial charge in [-0.1, -0.05) is 76.2 Å². The number of aromatic nitrogens is 2. The van der Waals surface area contributed by atoms with Crippen LogP contribution in [-0.4, -0.2) is 39.8 Å². The summed E-state index contributed by atoms with van der Waals surface area (Å²) in [6, 6.07) is 19.4. The van der Waals surface area contributed by atoms with E-state index in [1.165, 1.54) is 47.0 Å². The maximum atomic E-state index is 13.4. The van der Waals surface area contributed by atoms with Crippen LogP contribution in [0.5, 0.6) is 5.75 Å². The van der Waals surface area contributed by atoms with Crippen molar-refractivity contribution in [2.75, 3.05) is 19.4 Å². The number of fused-ring (bicyclic) bond motifs is 4. The number of nitrogens with one attached hydrogen (secondary N) is 1. The Bertz CT molecular complexity index is 1770. The number of aryl methyl sites for hydroxylation is 1. The Hall–Kier alpha value is -3.85. The molecular weight excluding hydrogens is 584 g/mol. The zero-order valence-electron chi connectivity index (χ0n) is 26.8. The molecule has 1 saturated carbocycles. The molecule has 1 amide bonds. The Labute approximate surface area is 269 Å². The molecule has 45 heavy (non-hydrogen) atoms. The molecule has 3 aromatic carbocycles. The lowest BCUT2D eigenvalue weighted by Crippen LogP contribution is -2.53. The van der Waals surface area contributed by atoms with Crippen molar-refractivity contribution in [2.24, 2.45) is 11.3 Å². The number of ether oxygens (including phenoxy) is 1. The first-order chi connectivity index (χ1) is 21.5. The molecule has 0 bridgehead atoms. The minimum atomic E-state index is -0.424. The summed E-state index contributed by atoms with van der Waals surface area (Å²) in [5.41, 5.74) is 6.47. The first kappa shape index (κ1) is 31.1. The van der Waals surface area contributed by atoms with Crippen molar-refractivity contribution < 1.29 is 14.5 Å². The number of hydrogen-bond acceptors (Lipinski definition) is 6. The zero-order valence-corrected chi connectivity index (χ0v) is 27.6. The second kappa shape index (κ2) is 12.2. The predicted molar refractivity (Wildman–Crippen MR) is 180 cm³/mol. The van der Waals surface area contributed by atoms with Crippen LogP contribution in [-0.2, 0) is 16.6 Å². The summed E-state index contributed by atoms with van der Waals surface area (Å²) in [5, 5.41) is 15.3. The van der Waals surface area contributed by atoms with Crippen molar-refractivity contribution in [3.63, 3.8) is 0 Å². The molecule has 1 fully saturated rings. The van der Waals surface area contributed by atoms with Crippen LogP contribution in [0.15, 0.2) is 65.8 Å². The van der Waals surface area contributed by atoms with Gasteiger partial charge in [0.2, 0.25) is 5.91 Å². The van der Waals surface area contributed by atoms with Gasteiger partial charge in [-0.25, -0.2) is 4.98 Å². The number of rotatable bonds is 9. The van der Waals surface area contributed by atoms with E-state index in [-0.39, 0.29) is 28.2 Å². The van der Waals surface area contributed by atoms with Crippen LogP contribution in [0.3, 0.4) is 0 Å². The Morgan fingerprint density at radius 1 is 1.16 bits per heavy atom. The van der Waals surface area contributed by atoms with Gasteiger partial charge in [0, 0.05) is 18.7 Å². The molecule has 2 aliphatic rings. The molecule has 3 atom stereocenters. The Balaban J connectivity index is 1.20. The Kier molecular flexibility index (Phi) is 8.41. The van der Waals surface area contributed by atoms with Crippen LogP contribution in [0.2, 0.25) is 0 Å². The second-order valence-electron chi connectivity index (χ2n) is 13.5. The summed E-state index contributed by atoms with van der Waals surface area (Å²) in [7, 11) is 1.60. The Morgan fingerprint density at radius 3 is 2.71 bits per heavy atom. The van der Waals surface area contributed by atoms with Crippen molar-refractivity contribution in [3.8, 4) is 11.4 Å². The van der Waals surface area contributed by atoms with Crippen molar-refractivity contribution in [2.45, 2.75) is 76.3 Å². The van der Waals surface area contributed by atoms with E-state index in [1.807, 2.05) is 28.8 Å². The number of thioether (sulfide) groups is 1. The molecule has 0 spiro atoms. The summed E-state index contributed by atoms with van der Waals surface area (Å²) in [4.78, 5) is 29.1. The number of amides is 1. The third-order valence-corrected chi connectivity index (χ3v) is 11.3. The molecule has 4 aromatic rings. The number of carbonyl (C=O) groups excluding carboxylic acids is 1. The van der Waals surface area contributed by atoms with Gasteiger partial charge in [0.25, 0.3) is 5.69 Å². The van der Waals surface area contributed by atoms with Crippen LogP contribution in [0.1, 0.15) is 76.0 Å². The highest BCUT2D eigenvalue weighted by atomic mass is 32.2. The fraction of sp³-hybridized carbons (Fsp3) is 0.444. The molecule has 1 heterocycles. The average molecular weight is 627 g/mol. The normalized spacial score (nSPS) is 22.6. The van der Waals surface area contributed by atoms with Gasteiger partial charge in [-0.05, 0) is 83.2 Å². The number of para-hydroxylation sites is 2. The maximum Gasteiger partial charge on any atom is 0.271 e. The number of carbonyl (C=O) groups is 1. The average Bonchev–Trinajstić information content (AvgIpc) is 3.39. The summed E-state index contributed by atoms with van der Waals surface area (Å²) in [6.45, 7) is 9.97. The van der Waals surface area contributed by atoms with Crippen molar-refractivity contribution in [1.82, 2.24) is 14.9 Å². The molecule has 6 rings (SSSR count). The first-order valence-corrected chi connectivity index (χ1v) is 16.9. The third-order valence-electron chi connectivity index (χ3n) is 10.3. The van der Waals surface area contributed by atoms with E-state index in [4.69, 9.17) is 9.72 Å². The van der Waals surface area contributed by atoms with E-state index in [1.54, 1.807) is 13.2 Å². The smallest absolute Gasteiger partial charge is 0.271 e.